The number of rotatable bonds is 2. The van der Waals surface area contributed by atoms with Crippen molar-refractivity contribution < 1.29 is 0 Å². The van der Waals surface area contributed by atoms with E-state index in [2.05, 4.69) is 19.9 Å². The molecule has 6 nitrogen and oxygen atoms in total. The van der Waals surface area contributed by atoms with Crippen LogP contribution in [0.2, 0.25) is 0 Å². The molecule has 0 radical (unpaired) electrons. The van der Waals surface area contributed by atoms with Crippen LogP contribution in [0.1, 0.15) is 16.3 Å². The Morgan fingerprint density at radius 1 is 1.36 bits per heavy atom. The molecule has 0 aliphatic carbocycles. The highest BCUT2D eigenvalue weighted by Crippen LogP contribution is 2.13. The van der Waals surface area contributed by atoms with Crippen LogP contribution < -0.4 is 5.73 Å². The molecule has 2 N–H and O–H groups in total. The van der Waals surface area contributed by atoms with Gasteiger partial charge in [0.2, 0.25) is 0 Å². The second-order valence-corrected chi connectivity index (χ2v) is 3.84. The van der Waals surface area contributed by atoms with E-state index in [4.69, 9.17) is 5.73 Å². The Morgan fingerprint density at radius 2 is 2.14 bits per heavy atom. The molecule has 14 heavy (non-hydrogen) atoms. The van der Waals surface area contributed by atoms with Gasteiger partial charge in [0.15, 0.2) is 5.82 Å². The summed E-state index contributed by atoms with van der Waals surface area (Å²) in [5, 5.41) is 11.6. The summed E-state index contributed by atoms with van der Waals surface area (Å²) in [4.78, 5) is 1.08. The number of nitrogen functional groups attached to an aromatic ring is 1. The molecule has 2 aromatic rings. The highest BCUT2D eigenvalue weighted by Gasteiger charge is 2.09. The minimum absolute atomic E-state index is 0.472. The molecule has 2 heterocycles. The number of aromatic nitrogens is 5. The molecule has 0 amide bonds. The first-order valence-electron chi connectivity index (χ1n) is 4.12. The lowest BCUT2D eigenvalue weighted by Crippen LogP contribution is -2.04. The minimum atomic E-state index is 0.472. The van der Waals surface area contributed by atoms with Gasteiger partial charge >= 0.3 is 0 Å². The van der Waals surface area contributed by atoms with Crippen LogP contribution in [0.15, 0.2) is 0 Å². The van der Waals surface area contributed by atoms with Gasteiger partial charge in [0, 0.05) is 0 Å². The number of hydrogen-bond donors (Lipinski definition) is 1. The quantitative estimate of drug-likeness (QED) is 0.774. The summed E-state index contributed by atoms with van der Waals surface area (Å²) in [5.41, 5.74) is 7.39. The van der Waals surface area contributed by atoms with Crippen molar-refractivity contribution in [3.8, 4) is 0 Å². The highest BCUT2D eigenvalue weighted by atomic mass is 32.1. The predicted octanol–water partition coefficient (Wildman–Crippen LogP) is 0.377. The van der Waals surface area contributed by atoms with Gasteiger partial charge in [0.05, 0.1) is 22.8 Å². The Hall–Kier alpha value is -1.50. The molecule has 0 fully saturated rings. The van der Waals surface area contributed by atoms with Crippen LogP contribution in [0, 0.1) is 13.8 Å². The van der Waals surface area contributed by atoms with Crippen molar-refractivity contribution in [3.63, 3.8) is 0 Å². The molecule has 74 valence electrons. The van der Waals surface area contributed by atoms with Crippen molar-refractivity contribution in [3.05, 3.63) is 16.3 Å². The van der Waals surface area contributed by atoms with Gasteiger partial charge in [0.25, 0.3) is 0 Å². The van der Waals surface area contributed by atoms with E-state index in [9.17, 15) is 0 Å². The van der Waals surface area contributed by atoms with Crippen LogP contribution >= 0.6 is 11.5 Å². The van der Waals surface area contributed by atoms with E-state index >= 15 is 0 Å². The summed E-state index contributed by atoms with van der Waals surface area (Å²) < 4.78 is 5.60. The SMILES string of the molecule is Cc1nnsc1Cn1nnc(N)c1C. The van der Waals surface area contributed by atoms with Crippen molar-refractivity contribution in [1.82, 2.24) is 24.6 Å². The summed E-state index contributed by atoms with van der Waals surface area (Å²) in [6.07, 6.45) is 0. The molecule has 0 unspecified atom stereocenters. The van der Waals surface area contributed by atoms with Crippen molar-refractivity contribution in [2.45, 2.75) is 20.4 Å². The van der Waals surface area contributed by atoms with E-state index in [0.29, 0.717) is 12.4 Å². The number of hydrogen-bond acceptors (Lipinski definition) is 6. The topological polar surface area (TPSA) is 82.5 Å². The molecule has 0 bridgehead atoms. The molecule has 0 saturated carbocycles. The molecule has 2 rings (SSSR count). The van der Waals surface area contributed by atoms with E-state index in [1.165, 1.54) is 11.5 Å². The fourth-order valence-corrected chi connectivity index (χ4v) is 1.67. The normalized spacial score (nSPS) is 10.7. The smallest absolute Gasteiger partial charge is 0.168 e. The first-order chi connectivity index (χ1) is 6.68. The van der Waals surface area contributed by atoms with Crippen LogP contribution in [-0.2, 0) is 6.54 Å². The third-order valence-corrected chi connectivity index (χ3v) is 2.87. The number of nitrogens with two attached hydrogens (primary N) is 1. The second-order valence-electron chi connectivity index (χ2n) is 3.00. The summed E-state index contributed by atoms with van der Waals surface area (Å²) in [5.74, 6) is 0.472. The minimum Gasteiger partial charge on any atom is -0.381 e. The Balaban J connectivity index is 2.27. The lowest BCUT2D eigenvalue weighted by Gasteiger charge is -1.99. The lowest BCUT2D eigenvalue weighted by atomic mass is 10.4. The van der Waals surface area contributed by atoms with Crippen molar-refractivity contribution in [2.75, 3.05) is 5.73 Å². The van der Waals surface area contributed by atoms with E-state index in [0.717, 1.165) is 16.3 Å². The average molecular weight is 210 g/mol. The Morgan fingerprint density at radius 3 is 2.64 bits per heavy atom. The molecule has 0 atom stereocenters. The largest absolute Gasteiger partial charge is 0.381 e. The van der Waals surface area contributed by atoms with Gasteiger partial charge in [-0.05, 0) is 25.4 Å². The summed E-state index contributed by atoms with van der Waals surface area (Å²) in [6.45, 7) is 4.45. The number of aryl methyl sites for hydroxylation is 1. The van der Waals surface area contributed by atoms with Gasteiger partial charge in [0.1, 0.15) is 0 Å². The molecule has 7 heteroatoms. The molecule has 0 aromatic carbocycles. The fraction of sp³-hybridized carbons (Fsp3) is 0.429. The van der Waals surface area contributed by atoms with Gasteiger partial charge < -0.3 is 5.73 Å². The Kier molecular flexibility index (Phi) is 2.16. The van der Waals surface area contributed by atoms with Crippen LogP contribution in [0.5, 0.6) is 0 Å². The molecule has 0 aliphatic rings. The van der Waals surface area contributed by atoms with Crippen LogP contribution in [0.4, 0.5) is 5.82 Å². The monoisotopic (exact) mass is 210 g/mol. The standard InChI is InChI=1S/C7H10N6S/c1-4-6(14-12-9-4)3-13-5(2)7(8)10-11-13/h3,8H2,1-2H3. The average Bonchev–Trinajstić information content (AvgIpc) is 2.68. The third-order valence-electron chi connectivity index (χ3n) is 2.06. The summed E-state index contributed by atoms with van der Waals surface area (Å²) in [6, 6.07) is 0. The van der Waals surface area contributed by atoms with Gasteiger partial charge in [-0.3, -0.25) is 0 Å². The van der Waals surface area contributed by atoms with Crippen LogP contribution in [-0.4, -0.2) is 24.6 Å². The van der Waals surface area contributed by atoms with Crippen molar-refractivity contribution in [2.24, 2.45) is 0 Å². The van der Waals surface area contributed by atoms with Crippen LogP contribution in [0.3, 0.4) is 0 Å². The first-order valence-corrected chi connectivity index (χ1v) is 4.89. The third kappa shape index (κ3) is 1.46. The van der Waals surface area contributed by atoms with Gasteiger partial charge in [-0.15, -0.1) is 10.2 Å². The second kappa shape index (κ2) is 3.33. The van der Waals surface area contributed by atoms with E-state index in [1.54, 1.807) is 4.68 Å². The van der Waals surface area contributed by atoms with Gasteiger partial charge in [-0.25, -0.2) is 4.68 Å². The summed E-state index contributed by atoms with van der Waals surface area (Å²) in [7, 11) is 0. The zero-order chi connectivity index (χ0) is 10.1. The first kappa shape index (κ1) is 9.07. The molecule has 0 saturated heterocycles. The molecular formula is C7H10N6S. The van der Waals surface area contributed by atoms with Gasteiger partial charge in [-0.2, -0.15) is 0 Å². The van der Waals surface area contributed by atoms with Gasteiger partial charge in [-0.1, -0.05) is 9.70 Å². The highest BCUT2D eigenvalue weighted by molar-refractivity contribution is 7.05. The van der Waals surface area contributed by atoms with Crippen LogP contribution in [0.25, 0.3) is 0 Å². The zero-order valence-corrected chi connectivity index (χ0v) is 8.75. The van der Waals surface area contributed by atoms with E-state index in [-0.39, 0.29) is 0 Å². The molecule has 2 aromatic heterocycles. The Bertz CT molecular complexity index is 445. The maximum atomic E-state index is 5.59. The number of anilines is 1. The van der Waals surface area contributed by atoms with E-state index < -0.39 is 0 Å². The molecular weight excluding hydrogens is 200 g/mol. The maximum Gasteiger partial charge on any atom is 0.168 e. The predicted molar refractivity (Wildman–Crippen MR) is 52.9 cm³/mol. The van der Waals surface area contributed by atoms with Crippen molar-refractivity contribution >= 4 is 17.4 Å². The van der Waals surface area contributed by atoms with Crippen molar-refractivity contribution in [1.29, 1.82) is 0 Å². The number of nitrogens with zero attached hydrogens (tertiary/aromatic N) is 5. The lowest BCUT2D eigenvalue weighted by molar-refractivity contribution is 0.636. The Labute approximate surface area is 84.9 Å². The molecule has 0 spiro atoms. The maximum absolute atomic E-state index is 5.59. The molecule has 0 aliphatic heterocycles. The fourth-order valence-electron chi connectivity index (χ4n) is 1.06. The zero-order valence-electron chi connectivity index (χ0n) is 7.93. The van der Waals surface area contributed by atoms with E-state index in [1.807, 2.05) is 13.8 Å². The summed E-state index contributed by atoms with van der Waals surface area (Å²) >= 11 is 1.37.